The zero-order valence-corrected chi connectivity index (χ0v) is 9.58. The SMILES string of the molecule is Cn1c(CCO)cc2c(Br)cccc21. The standard InChI is InChI=1S/C11H12BrNO/c1-13-8(5-6-14)7-9-10(12)3-2-4-11(9)13/h2-4,7,14H,5-6H2,1H3. The lowest BCUT2D eigenvalue weighted by molar-refractivity contribution is 0.297. The molecule has 0 aliphatic heterocycles. The topological polar surface area (TPSA) is 25.2 Å². The van der Waals surface area contributed by atoms with Crippen LogP contribution in [0.4, 0.5) is 0 Å². The number of aryl methyl sites for hydroxylation is 1. The van der Waals surface area contributed by atoms with Crippen LogP contribution in [0, 0.1) is 0 Å². The highest BCUT2D eigenvalue weighted by atomic mass is 79.9. The fourth-order valence-corrected chi connectivity index (χ4v) is 2.20. The summed E-state index contributed by atoms with van der Waals surface area (Å²) in [5, 5.41) is 10.1. The third kappa shape index (κ3) is 1.47. The van der Waals surface area contributed by atoms with Crippen LogP contribution in [0.5, 0.6) is 0 Å². The first-order chi connectivity index (χ1) is 6.74. The number of aliphatic hydroxyl groups is 1. The summed E-state index contributed by atoms with van der Waals surface area (Å²) < 4.78 is 3.23. The number of aliphatic hydroxyl groups excluding tert-OH is 1. The zero-order valence-electron chi connectivity index (χ0n) is 8.00. The van der Waals surface area contributed by atoms with Gasteiger partial charge in [0.25, 0.3) is 0 Å². The van der Waals surface area contributed by atoms with Crippen LogP contribution < -0.4 is 0 Å². The summed E-state index contributed by atoms with van der Waals surface area (Å²) in [6.45, 7) is 0.196. The second kappa shape index (κ2) is 3.75. The van der Waals surface area contributed by atoms with Crippen LogP contribution in [0.2, 0.25) is 0 Å². The van der Waals surface area contributed by atoms with Gasteiger partial charge in [-0.05, 0) is 18.2 Å². The molecule has 14 heavy (non-hydrogen) atoms. The fraction of sp³-hybridized carbons (Fsp3) is 0.273. The van der Waals surface area contributed by atoms with Gasteiger partial charge >= 0.3 is 0 Å². The van der Waals surface area contributed by atoms with Gasteiger partial charge in [0.05, 0.1) is 0 Å². The predicted molar refractivity (Wildman–Crippen MR) is 61.4 cm³/mol. The van der Waals surface area contributed by atoms with Crippen LogP contribution in [0.15, 0.2) is 28.7 Å². The van der Waals surface area contributed by atoms with Crippen molar-refractivity contribution >= 4 is 26.8 Å². The number of nitrogens with zero attached hydrogens (tertiary/aromatic N) is 1. The molecule has 0 saturated carbocycles. The Bertz CT molecular complexity index is 462. The van der Waals surface area contributed by atoms with Gasteiger partial charge in [0, 0.05) is 41.1 Å². The minimum Gasteiger partial charge on any atom is -0.396 e. The van der Waals surface area contributed by atoms with E-state index < -0.39 is 0 Å². The normalized spacial score (nSPS) is 11.1. The Hall–Kier alpha value is -0.800. The first-order valence-electron chi connectivity index (χ1n) is 4.57. The lowest BCUT2D eigenvalue weighted by Gasteiger charge is -2.01. The summed E-state index contributed by atoms with van der Waals surface area (Å²) in [4.78, 5) is 0. The van der Waals surface area contributed by atoms with Gasteiger partial charge in [-0.3, -0.25) is 0 Å². The van der Waals surface area contributed by atoms with Crippen LogP contribution in [-0.4, -0.2) is 16.3 Å². The molecule has 0 spiro atoms. The molecule has 0 amide bonds. The van der Waals surface area contributed by atoms with Crippen molar-refractivity contribution in [3.63, 3.8) is 0 Å². The first-order valence-corrected chi connectivity index (χ1v) is 5.37. The first kappa shape index (κ1) is 9.74. The number of halogens is 1. The van der Waals surface area contributed by atoms with Crippen molar-refractivity contribution in [1.82, 2.24) is 4.57 Å². The molecule has 0 atom stereocenters. The van der Waals surface area contributed by atoms with Crippen molar-refractivity contribution in [2.75, 3.05) is 6.61 Å². The van der Waals surface area contributed by atoms with Crippen LogP contribution in [0.25, 0.3) is 10.9 Å². The van der Waals surface area contributed by atoms with Crippen molar-refractivity contribution in [3.05, 3.63) is 34.4 Å². The maximum Gasteiger partial charge on any atom is 0.0491 e. The molecular weight excluding hydrogens is 242 g/mol. The number of aromatic nitrogens is 1. The molecule has 0 fully saturated rings. The Morgan fingerprint density at radius 3 is 2.86 bits per heavy atom. The van der Waals surface area contributed by atoms with Crippen LogP contribution in [-0.2, 0) is 13.5 Å². The summed E-state index contributed by atoms with van der Waals surface area (Å²) in [7, 11) is 2.03. The van der Waals surface area contributed by atoms with E-state index in [2.05, 4.69) is 32.6 Å². The zero-order chi connectivity index (χ0) is 10.1. The molecule has 3 heteroatoms. The van der Waals surface area contributed by atoms with E-state index in [0.717, 1.165) is 10.2 Å². The van der Waals surface area contributed by atoms with Crippen molar-refractivity contribution in [2.45, 2.75) is 6.42 Å². The molecule has 0 aliphatic carbocycles. The Labute approximate surface area is 91.3 Å². The number of benzene rings is 1. The van der Waals surface area contributed by atoms with E-state index in [-0.39, 0.29) is 6.61 Å². The molecule has 2 rings (SSSR count). The molecule has 1 heterocycles. The van der Waals surface area contributed by atoms with Gasteiger partial charge in [0.1, 0.15) is 0 Å². The summed E-state index contributed by atoms with van der Waals surface area (Å²) >= 11 is 3.52. The molecule has 2 aromatic rings. The Morgan fingerprint density at radius 1 is 1.43 bits per heavy atom. The van der Waals surface area contributed by atoms with E-state index in [0.29, 0.717) is 6.42 Å². The van der Waals surface area contributed by atoms with Crippen LogP contribution in [0.1, 0.15) is 5.69 Å². The highest BCUT2D eigenvalue weighted by Gasteiger charge is 2.06. The quantitative estimate of drug-likeness (QED) is 0.875. The molecule has 0 unspecified atom stereocenters. The van der Waals surface area contributed by atoms with E-state index in [1.165, 1.54) is 10.9 Å². The maximum atomic E-state index is 8.91. The highest BCUT2D eigenvalue weighted by Crippen LogP contribution is 2.26. The molecule has 74 valence electrons. The maximum absolute atomic E-state index is 8.91. The average molecular weight is 254 g/mol. The Kier molecular flexibility index (Phi) is 2.61. The van der Waals surface area contributed by atoms with E-state index in [1.807, 2.05) is 19.2 Å². The molecule has 1 aromatic carbocycles. The fourth-order valence-electron chi connectivity index (χ4n) is 1.73. The predicted octanol–water partition coefficient (Wildman–Crippen LogP) is 2.48. The van der Waals surface area contributed by atoms with Gasteiger partial charge in [0.2, 0.25) is 0 Å². The molecule has 1 N–H and O–H groups in total. The van der Waals surface area contributed by atoms with Crippen LogP contribution in [0.3, 0.4) is 0 Å². The third-order valence-electron chi connectivity index (χ3n) is 2.50. The molecule has 1 aromatic heterocycles. The number of rotatable bonds is 2. The van der Waals surface area contributed by atoms with Gasteiger partial charge in [-0.2, -0.15) is 0 Å². The molecule has 0 aliphatic rings. The smallest absolute Gasteiger partial charge is 0.0491 e. The summed E-state index contributed by atoms with van der Waals surface area (Å²) in [5.41, 5.74) is 2.36. The van der Waals surface area contributed by atoms with Gasteiger partial charge < -0.3 is 9.67 Å². The lowest BCUT2D eigenvalue weighted by atomic mass is 10.2. The molecule has 0 saturated heterocycles. The van der Waals surface area contributed by atoms with Crippen molar-refractivity contribution < 1.29 is 5.11 Å². The third-order valence-corrected chi connectivity index (χ3v) is 3.19. The second-order valence-corrected chi connectivity index (χ2v) is 4.20. The summed E-state index contributed by atoms with van der Waals surface area (Å²) in [5.74, 6) is 0. The van der Waals surface area contributed by atoms with E-state index in [4.69, 9.17) is 5.11 Å². The van der Waals surface area contributed by atoms with Crippen molar-refractivity contribution in [3.8, 4) is 0 Å². The number of fused-ring (bicyclic) bond motifs is 1. The summed E-state index contributed by atoms with van der Waals surface area (Å²) in [6, 6.07) is 8.26. The minimum absolute atomic E-state index is 0.196. The number of hydrogen-bond donors (Lipinski definition) is 1. The van der Waals surface area contributed by atoms with E-state index in [1.54, 1.807) is 0 Å². The second-order valence-electron chi connectivity index (χ2n) is 3.34. The average Bonchev–Trinajstić information content (AvgIpc) is 2.48. The van der Waals surface area contributed by atoms with Crippen LogP contribution >= 0.6 is 15.9 Å². The van der Waals surface area contributed by atoms with Gasteiger partial charge in [-0.15, -0.1) is 0 Å². The largest absolute Gasteiger partial charge is 0.396 e. The summed E-state index contributed by atoms with van der Waals surface area (Å²) in [6.07, 6.45) is 0.706. The van der Waals surface area contributed by atoms with Gasteiger partial charge in [-0.25, -0.2) is 0 Å². The number of hydrogen-bond acceptors (Lipinski definition) is 1. The Morgan fingerprint density at radius 2 is 2.21 bits per heavy atom. The molecule has 0 radical (unpaired) electrons. The monoisotopic (exact) mass is 253 g/mol. The van der Waals surface area contributed by atoms with Crippen molar-refractivity contribution in [2.24, 2.45) is 7.05 Å². The highest BCUT2D eigenvalue weighted by molar-refractivity contribution is 9.10. The van der Waals surface area contributed by atoms with E-state index >= 15 is 0 Å². The molecule has 0 bridgehead atoms. The van der Waals surface area contributed by atoms with Gasteiger partial charge in [-0.1, -0.05) is 22.0 Å². The Balaban J connectivity index is 2.67. The lowest BCUT2D eigenvalue weighted by Crippen LogP contribution is -1.98. The van der Waals surface area contributed by atoms with E-state index in [9.17, 15) is 0 Å². The van der Waals surface area contributed by atoms with Crippen molar-refractivity contribution in [1.29, 1.82) is 0 Å². The molecule has 2 nitrogen and oxygen atoms in total. The minimum atomic E-state index is 0.196. The van der Waals surface area contributed by atoms with Gasteiger partial charge in [0.15, 0.2) is 0 Å². The molecular formula is C11H12BrNO.